The normalized spacial score (nSPS) is 21.6. The van der Waals surface area contributed by atoms with Crippen LogP contribution < -0.4 is 10.2 Å². The second kappa shape index (κ2) is 8.74. The van der Waals surface area contributed by atoms with E-state index in [2.05, 4.69) is 14.8 Å². The van der Waals surface area contributed by atoms with Crippen LogP contribution in [-0.4, -0.2) is 58.8 Å². The molecule has 2 saturated heterocycles. The average molecular weight is 425 g/mol. The quantitative estimate of drug-likeness (QED) is 0.560. The fraction of sp³-hybridized carbons (Fsp3) is 0.435. The number of hydrogen-bond acceptors (Lipinski definition) is 7. The molecule has 0 bridgehead atoms. The van der Waals surface area contributed by atoms with Gasteiger partial charge in [-0.2, -0.15) is 0 Å². The number of aliphatic hydroxyl groups is 1. The highest BCUT2D eigenvalue weighted by Gasteiger charge is 2.29. The topological polar surface area (TPSA) is 92.0 Å². The Hall–Kier alpha value is -2.81. The molecule has 2 aliphatic heterocycles. The minimum atomic E-state index is -0.163. The lowest BCUT2D eigenvalue weighted by atomic mass is 10.1. The van der Waals surface area contributed by atoms with Gasteiger partial charge in [-0.15, -0.1) is 0 Å². The van der Waals surface area contributed by atoms with Crippen molar-refractivity contribution in [2.45, 2.75) is 31.7 Å². The monoisotopic (exact) mass is 424 g/mol. The summed E-state index contributed by atoms with van der Waals surface area (Å²) in [5, 5.41) is 23.4. The number of nitrogens with one attached hydrogen (secondary N) is 1. The molecule has 0 radical (unpaired) electrons. The number of nitrogens with zero attached hydrogens (tertiary/aromatic N) is 3. The summed E-state index contributed by atoms with van der Waals surface area (Å²) in [7, 11) is 0. The van der Waals surface area contributed by atoms with Crippen LogP contribution in [0, 0.1) is 0 Å². The number of fused-ring (bicyclic) bond motifs is 1. The van der Waals surface area contributed by atoms with E-state index in [1.54, 1.807) is 6.07 Å². The molecule has 2 aliphatic rings. The molecule has 8 heteroatoms. The molecule has 3 N–H and O–H groups in total. The zero-order valence-electron chi connectivity index (χ0n) is 17.4. The third kappa shape index (κ3) is 4.06. The Kier molecular flexibility index (Phi) is 5.67. The second-order valence-corrected chi connectivity index (χ2v) is 8.04. The Bertz CT molecular complexity index is 1050. The zero-order chi connectivity index (χ0) is 21.2. The molecule has 0 unspecified atom stereocenters. The van der Waals surface area contributed by atoms with Gasteiger partial charge in [0.25, 0.3) is 0 Å². The summed E-state index contributed by atoms with van der Waals surface area (Å²) in [6.07, 6.45) is 1.35. The van der Waals surface area contributed by atoms with E-state index in [9.17, 15) is 10.2 Å². The van der Waals surface area contributed by atoms with Crippen LogP contribution in [0.3, 0.4) is 0 Å². The van der Waals surface area contributed by atoms with Gasteiger partial charge in [0.15, 0.2) is 0 Å². The third-order valence-corrected chi connectivity index (χ3v) is 6.01. The molecule has 2 aromatic carbocycles. The number of anilines is 2. The summed E-state index contributed by atoms with van der Waals surface area (Å²) in [6.45, 7) is 3.48. The van der Waals surface area contributed by atoms with Gasteiger partial charge in [0.1, 0.15) is 12.0 Å². The Morgan fingerprint density at radius 1 is 1.10 bits per heavy atom. The number of hydrogen-bond donors (Lipinski definition) is 3. The number of phenolic OH excluding ortho intramolecular Hbond substituents is 1. The maximum absolute atomic E-state index is 10.6. The van der Waals surface area contributed by atoms with Gasteiger partial charge in [-0.25, -0.2) is 4.98 Å². The number of aromatic hydroxyl groups is 1. The van der Waals surface area contributed by atoms with E-state index in [1.807, 2.05) is 36.4 Å². The van der Waals surface area contributed by atoms with Gasteiger partial charge in [0, 0.05) is 19.6 Å². The summed E-state index contributed by atoms with van der Waals surface area (Å²) < 4.78 is 13.5. The summed E-state index contributed by atoms with van der Waals surface area (Å²) in [5.41, 5.74) is 3.70. The van der Waals surface area contributed by atoms with E-state index in [0.717, 1.165) is 54.2 Å². The van der Waals surface area contributed by atoms with Crippen LogP contribution in [0.15, 0.2) is 42.5 Å². The summed E-state index contributed by atoms with van der Waals surface area (Å²) in [4.78, 5) is 6.90. The number of imidazole rings is 1. The number of para-hydroxylation sites is 2. The summed E-state index contributed by atoms with van der Waals surface area (Å²) in [5.74, 6) is 1.00. The van der Waals surface area contributed by atoms with Crippen molar-refractivity contribution in [3.63, 3.8) is 0 Å². The molecule has 2 fully saturated rings. The minimum absolute atomic E-state index is 0.0284. The molecule has 0 spiro atoms. The summed E-state index contributed by atoms with van der Waals surface area (Å²) in [6, 6.07) is 13.8. The maximum Gasteiger partial charge on any atom is 0.206 e. The average Bonchev–Trinajstić information content (AvgIpc) is 3.42. The first-order chi connectivity index (χ1) is 15.2. The number of rotatable bonds is 6. The molecule has 2 atom stereocenters. The molecule has 0 saturated carbocycles. The van der Waals surface area contributed by atoms with Crippen molar-refractivity contribution in [1.29, 1.82) is 0 Å². The van der Waals surface area contributed by atoms with Crippen molar-refractivity contribution >= 4 is 22.7 Å². The van der Waals surface area contributed by atoms with Crippen LogP contribution in [0.5, 0.6) is 5.75 Å². The zero-order valence-corrected chi connectivity index (χ0v) is 17.4. The fourth-order valence-electron chi connectivity index (χ4n) is 4.40. The first-order valence-electron chi connectivity index (χ1n) is 10.8. The molecule has 0 amide bonds. The Morgan fingerprint density at radius 3 is 2.71 bits per heavy atom. The van der Waals surface area contributed by atoms with Gasteiger partial charge in [0.05, 0.1) is 42.6 Å². The van der Waals surface area contributed by atoms with Crippen molar-refractivity contribution in [2.24, 2.45) is 0 Å². The van der Waals surface area contributed by atoms with E-state index < -0.39 is 0 Å². The molecule has 164 valence electrons. The van der Waals surface area contributed by atoms with Crippen molar-refractivity contribution in [2.75, 3.05) is 43.1 Å². The Morgan fingerprint density at radius 2 is 1.94 bits per heavy atom. The van der Waals surface area contributed by atoms with E-state index in [1.165, 1.54) is 0 Å². The molecule has 5 rings (SSSR count). The number of benzene rings is 2. The lowest BCUT2D eigenvalue weighted by Gasteiger charge is -2.29. The Balaban J connectivity index is 1.36. The van der Waals surface area contributed by atoms with Crippen LogP contribution in [0.2, 0.25) is 0 Å². The van der Waals surface area contributed by atoms with Gasteiger partial charge < -0.3 is 29.9 Å². The molecular weight excluding hydrogens is 396 g/mol. The highest BCUT2D eigenvalue weighted by atomic mass is 16.5. The van der Waals surface area contributed by atoms with E-state index in [-0.39, 0.29) is 24.7 Å². The molecule has 31 heavy (non-hydrogen) atoms. The molecular formula is C23H28N4O4. The van der Waals surface area contributed by atoms with Crippen LogP contribution in [-0.2, 0) is 16.0 Å². The van der Waals surface area contributed by atoms with E-state index in [0.29, 0.717) is 19.8 Å². The highest BCUT2D eigenvalue weighted by molar-refractivity contribution is 5.78. The van der Waals surface area contributed by atoms with Gasteiger partial charge >= 0.3 is 0 Å². The minimum Gasteiger partial charge on any atom is -0.506 e. The predicted molar refractivity (Wildman–Crippen MR) is 118 cm³/mol. The van der Waals surface area contributed by atoms with Crippen molar-refractivity contribution in [3.05, 3.63) is 48.0 Å². The van der Waals surface area contributed by atoms with Crippen molar-refractivity contribution < 1.29 is 19.7 Å². The number of phenols is 1. The van der Waals surface area contributed by atoms with E-state index in [4.69, 9.17) is 14.5 Å². The number of aromatic nitrogens is 2. The molecule has 3 heterocycles. The molecule has 3 aromatic rings. The van der Waals surface area contributed by atoms with Crippen LogP contribution in [0.1, 0.15) is 24.6 Å². The van der Waals surface area contributed by atoms with Gasteiger partial charge in [-0.1, -0.05) is 18.2 Å². The van der Waals surface area contributed by atoms with Crippen LogP contribution >= 0.6 is 0 Å². The largest absolute Gasteiger partial charge is 0.506 e. The second-order valence-electron chi connectivity index (χ2n) is 8.04. The first kappa shape index (κ1) is 20.1. The lowest BCUT2D eigenvalue weighted by Crippen LogP contribution is -2.36. The molecule has 1 aromatic heterocycles. The molecule has 8 nitrogen and oxygen atoms in total. The SMILES string of the molecule is OC[C@@H]1CC[C@H](n2c(NCc3ccc(N4CCOCC4)c(O)c3)nc3ccccc32)O1. The smallest absolute Gasteiger partial charge is 0.206 e. The number of morpholine rings is 1. The standard InChI is InChI=1S/C23H28N4O4/c28-15-17-6-8-22(31-17)27-19-4-2-1-3-18(19)25-23(27)24-14-16-5-7-20(21(29)13-16)26-9-11-30-12-10-26/h1-5,7,13,17,22,28-29H,6,8-12,14-15H2,(H,24,25)/t17-,22+/m0/s1. The maximum atomic E-state index is 10.6. The van der Waals surface area contributed by atoms with Crippen LogP contribution in [0.25, 0.3) is 11.0 Å². The van der Waals surface area contributed by atoms with E-state index >= 15 is 0 Å². The number of aliphatic hydroxyl groups excluding tert-OH is 1. The van der Waals surface area contributed by atoms with Gasteiger partial charge in [0.2, 0.25) is 5.95 Å². The van der Waals surface area contributed by atoms with Crippen molar-refractivity contribution in [1.82, 2.24) is 9.55 Å². The van der Waals surface area contributed by atoms with Crippen LogP contribution in [0.4, 0.5) is 11.6 Å². The van der Waals surface area contributed by atoms with Crippen molar-refractivity contribution in [3.8, 4) is 5.75 Å². The summed E-state index contributed by atoms with van der Waals surface area (Å²) >= 11 is 0. The lowest BCUT2D eigenvalue weighted by molar-refractivity contribution is -0.0195. The third-order valence-electron chi connectivity index (χ3n) is 6.01. The first-order valence-corrected chi connectivity index (χ1v) is 10.8. The van der Waals surface area contributed by atoms with Gasteiger partial charge in [-0.3, -0.25) is 4.57 Å². The Labute approximate surface area is 181 Å². The number of ether oxygens (including phenoxy) is 2. The highest BCUT2D eigenvalue weighted by Crippen LogP contribution is 2.34. The predicted octanol–water partition coefficient (Wildman–Crippen LogP) is 2.86. The fourth-order valence-corrected chi connectivity index (χ4v) is 4.40. The van der Waals surface area contributed by atoms with Gasteiger partial charge in [-0.05, 0) is 42.7 Å². The molecule has 0 aliphatic carbocycles.